The van der Waals surface area contributed by atoms with Crippen LogP contribution in [0.3, 0.4) is 0 Å². The number of carboxylic acid groups (broad SMARTS) is 1. The quantitative estimate of drug-likeness (QED) is 0.0211. The molecule has 0 aromatic rings. The lowest BCUT2D eigenvalue weighted by Crippen LogP contribution is -2.40. The summed E-state index contributed by atoms with van der Waals surface area (Å²) in [7, 11) is 6.01. The number of carbonyl (C=O) groups is 3. The van der Waals surface area contributed by atoms with Crippen molar-refractivity contribution in [3.05, 3.63) is 12.2 Å². The van der Waals surface area contributed by atoms with Crippen molar-refractivity contribution < 1.29 is 42.9 Å². The predicted octanol–water partition coefficient (Wildman–Crippen LogP) is 26.7. The fraction of sp³-hybridized carbons (Fsp3) is 0.940. The third-order valence-corrected chi connectivity index (χ3v) is 19.5. The average molecular weight is 1320 g/mol. The highest BCUT2D eigenvalue weighted by molar-refractivity contribution is 5.71. The lowest BCUT2D eigenvalue weighted by Gasteiger charge is -2.25. The van der Waals surface area contributed by atoms with Crippen LogP contribution in [-0.4, -0.2) is 87.4 Å². The van der Waals surface area contributed by atoms with E-state index >= 15 is 0 Å². The fourth-order valence-electron chi connectivity index (χ4n) is 13.1. The minimum Gasteiger partial charge on any atom is -0.477 e. The number of esters is 2. The standard InChI is InChI=1S/C84H163NO8/c1-6-8-10-12-14-16-18-20-22-24-26-28-30-32-34-36-37-38-39-40-41-42-43-44-45-47-49-51-53-55-57-59-61-63-65-67-69-71-73-75-82(87)93-80(79-92-84(83(88)89)90-77-76-85(3,4)5)78-91-81(86)74-72-70-68-66-64-62-60-58-56-54-52-50-48-46-35-33-31-29-27-25-23-21-19-17-15-13-11-9-7-2/h24,26,80,84H,6-23,25,27-79H2,1-5H3/p+1/b26-24-. The Morgan fingerprint density at radius 3 is 0.796 bits per heavy atom. The van der Waals surface area contributed by atoms with E-state index in [1.807, 2.05) is 21.1 Å². The van der Waals surface area contributed by atoms with Crippen molar-refractivity contribution >= 4 is 17.9 Å². The molecule has 9 heteroatoms. The zero-order valence-corrected chi connectivity index (χ0v) is 63.5. The molecular formula is C84H164NO8+. The molecule has 0 heterocycles. The summed E-state index contributed by atoms with van der Waals surface area (Å²) in [6, 6.07) is 0. The van der Waals surface area contributed by atoms with Gasteiger partial charge in [-0.1, -0.05) is 411 Å². The van der Waals surface area contributed by atoms with E-state index in [4.69, 9.17) is 18.9 Å². The van der Waals surface area contributed by atoms with E-state index in [1.165, 1.54) is 385 Å². The summed E-state index contributed by atoms with van der Waals surface area (Å²) in [5.41, 5.74) is 0. The number of nitrogens with zero attached hydrogens (tertiary/aromatic N) is 1. The number of hydrogen-bond donors (Lipinski definition) is 1. The van der Waals surface area contributed by atoms with Gasteiger partial charge in [0, 0.05) is 12.8 Å². The minimum atomic E-state index is -1.51. The highest BCUT2D eigenvalue weighted by Crippen LogP contribution is 2.21. The highest BCUT2D eigenvalue weighted by atomic mass is 16.7. The van der Waals surface area contributed by atoms with Gasteiger partial charge >= 0.3 is 17.9 Å². The summed E-state index contributed by atoms with van der Waals surface area (Å²) < 4.78 is 23.1. The number of carbonyl (C=O) groups excluding carboxylic acids is 2. The molecule has 0 aliphatic carbocycles. The second kappa shape index (κ2) is 75.8. The van der Waals surface area contributed by atoms with Crippen LogP contribution in [-0.2, 0) is 33.3 Å². The van der Waals surface area contributed by atoms with Crippen LogP contribution in [0.1, 0.15) is 450 Å². The van der Waals surface area contributed by atoms with Crippen LogP contribution in [0.4, 0.5) is 0 Å². The van der Waals surface area contributed by atoms with E-state index in [2.05, 4.69) is 26.0 Å². The number of carboxylic acids is 1. The lowest BCUT2D eigenvalue weighted by atomic mass is 10.0. The molecule has 0 saturated heterocycles. The van der Waals surface area contributed by atoms with Gasteiger partial charge in [0.15, 0.2) is 6.10 Å². The molecule has 0 amide bonds. The molecule has 0 spiro atoms. The van der Waals surface area contributed by atoms with Crippen LogP contribution in [0.15, 0.2) is 12.2 Å². The number of aliphatic carboxylic acids is 1. The normalized spacial score (nSPS) is 12.6. The van der Waals surface area contributed by atoms with E-state index < -0.39 is 18.4 Å². The first-order valence-electron chi connectivity index (χ1n) is 41.9. The summed E-state index contributed by atoms with van der Waals surface area (Å²) in [5.74, 6) is -1.96. The summed E-state index contributed by atoms with van der Waals surface area (Å²) in [4.78, 5) is 37.7. The molecule has 9 nitrogen and oxygen atoms in total. The smallest absolute Gasteiger partial charge is 0.361 e. The number of hydrogen-bond acceptors (Lipinski definition) is 7. The number of quaternary nitrogens is 1. The maximum absolute atomic E-state index is 13.0. The third-order valence-electron chi connectivity index (χ3n) is 19.5. The number of unbranched alkanes of at least 4 members (excludes halogenated alkanes) is 63. The highest BCUT2D eigenvalue weighted by Gasteiger charge is 2.25. The van der Waals surface area contributed by atoms with Crippen LogP contribution >= 0.6 is 0 Å². The van der Waals surface area contributed by atoms with Crippen molar-refractivity contribution in [3.8, 4) is 0 Å². The molecule has 0 aromatic carbocycles. The Bertz CT molecular complexity index is 1530. The number of allylic oxidation sites excluding steroid dienone is 2. The van der Waals surface area contributed by atoms with Gasteiger partial charge in [0.25, 0.3) is 6.29 Å². The van der Waals surface area contributed by atoms with Crippen molar-refractivity contribution in [2.75, 3.05) is 47.5 Å². The van der Waals surface area contributed by atoms with E-state index in [0.717, 1.165) is 38.5 Å². The Hall–Kier alpha value is -1.97. The molecule has 0 rings (SSSR count). The SMILES string of the molecule is CCCCCCCCCC/C=C\CCCCCCCCCCCCCCCCCCCCCCCCCCCCCC(=O)OC(COC(=O)CCCCCCCCCCCCCCCCCCCCCCCCCCCCCCC)COC(OCC[N+](C)(C)C)C(=O)O. The molecule has 0 aliphatic rings. The van der Waals surface area contributed by atoms with Crippen molar-refractivity contribution in [3.63, 3.8) is 0 Å². The first-order chi connectivity index (χ1) is 45.6. The molecule has 2 unspecified atom stereocenters. The molecule has 0 saturated carbocycles. The Kier molecular flexibility index (Phi) is 74.2. The Balaban J connectivity index is 3.91. The monoisotopic (exact) mass is 1320 g/mol. The summed E-state index contributed by atoms with van der Waals surface area (Å²) in [6.45, 7) is 4.98. The van der Waals surface area contributed by atoms with Crippen LogP contribution in [0.25, 0.3) is 0 Å². The maximum atomic E-state index is 13.0. The summed E-state index contributed by atoms with van der Waals surface area (Å²) in [6.07, 6.45) is 92.5. The first kappa shape index (κ1) is 91.0. The Morgan fingerprint density at radius 2 is 0.548 bits per heavy atom. The van der Waals surface area contributed by atoms with E-state index in [-0.39, 0.29) is 38.2 Å². The fourth-order valence-corrected chi connectivity index (χ4v) is 13.1. The molecular weight excluding hydrogens is 1150 g/mol. The average Bonchev–Trinajstić information content (AvgIpc) is 3.38. The molecule has 1 N–H and O–H groups in total. The van der Waals surface area contributed by atoms with Gasteiger partial charge in [-0.25, -0.2) is 4.79 Å². The summed E-state index contributed by atoms with van der Waals surface area (Å²) in [5, 5.41) is 9.78. The third kappa shape index (κ3) is 77.3. The lowest BCUT2D eigenvalue weighted by molar-refractivity contribution is -0.870. The predicted molar refractivity (Wildman–Crippen MR) is 402 cm³/mol. The second-order valence-electron chi connectivity index (χ2n) is 30.2. The van der Waals surface area contributed by atoms with Gasteiger partial charge < -0.3 is 28.5 Å². The molecule has 0 aromatic heterocycles. The van der Waals surface area contributed by atoms with Gasteiger partial charge in [-0.15, -0.1) is 0 Å². The van der Waals surface area contributed by atoms with Crippen LogP contribution in [0.2, 0.25) is 0 Å². The van der Waals surface area contributed by atoms with Gasteiger partial charge in [-0.05, 0) is 38.5 Å². The van der Waals surface area contributed by atoms with Gasteiger partial charge in [0.1, 0.15) is 13.2 Å². The van der Waals surface area contributed by atoms with E-state index in [1.54, 1.807) is 0 Å². The zero-order chi connectivity index (χ0) is 67.5. The van der Waals surface area contributed by atoms with Crippen molar-refractivity contribution in [1.82, 2.24) is 0 Å². The second-order valence-corrected chi connectivity index (χ2v) is 30.2. The van der Waals surface area contributed by atoms with Crippen molar-refractivity contribution in [2.24, 2.45) is 0 Å². The number of rotatable bonds is 80. The maximum Gasteiger partial charge on any atom is 0.361 e. The number of ether oxygens (including phenoxy) is 4. The first-order valence-corrected chi connectivity index (χ1v) is 41.9. The van der Waals surface area contributed by atoms with Crippen molar-refractivity contribution in [1.29, 1.82) is 0 Å². The van der Waals surface area contributed by atoms with Gasteiger partial charge in [0.05, 0.1) is 34.4 Å². The molecule has 0 aliphatic heterocycles. The number of likely N-dealkylation sites (N-methyl/N-ethyl adjacent to an activating group) is 1. The molecule has 0 bridgehead atoms. The van der Waals surface area contributed by atoms with Gasteiger partial charge in [-0.3, -0.25) is 9.59 Å². The van der Waals surface area contributed by atoms with Crippen LogP contribution in [0, 0.1) is 0 Å². The molecule has 0 fully saturated rings. The summed E-state index contributed by atoms with van der Waals surface area (Å²) >= 11 is 0. The van der Waals surface area contributed by atoms with Gasteiger partial charge in [-0.2, -0.15) is 0 Å². The molecule has 93 heavy (non-hydrogen) atoms. The topological polar surface area (TPSA) is 108 Å². The van der Waals surface area contributed by atoms with Crippen LogP contribution in [0.5, 0.6) is 0 Å². The molecule has 0 radical (unpaired) electrons. The molecule has 552 valence electrons. The minimum absolute atomic E-state index is 0.172. The zero-order valence-electron chi connectivity index (χ0n) is 63.5. The van der Waals surface area contributed by atoms with Crippen LogP contribution < -0.4 is 0 Å². The van der Waals surface area contributed by atoms with E-state index in [0.29, 0.717) is 17.4 Å². The Morgan fingerprint density at radius 1 is 0.312 bits per heavy atom. The van der Waals surface area contributed by atoms with Gasteiger partial charge in [0.2, 0.25) is 0 Å². The largest absolute Gasteiger partial charge is 0.477 e. The Labute approximate surface area is 580 Å². The van der Waals surface area contributed by atoms with E-state index in [9.17, 15) is 19.5 Å². The van der Waals surface area contributed by atoms with Crippen molar-refractivity contribution in [2.45, 2.75) is 463 Å². The molecule has 2 atom stereocenters.